The van der Waals surface area contributed by atoms with Gasteiger partial charge in [0.1, 0.15) is 0 Å². The number of amides is 1. The van der Waals surface area contributed by atoms with Crippen molar-refractivity contribution < 1.29 is 13.2 Å². The van der Waals surface area contributed by atoms with Crippen LogP contribution in [0, 0.1) is 0 Å². The zero-order valence-corrected chi connectivity index (χ0v) is 14.4. The molecule has 0 aliphatic carbocycles. The van der Waals surface area contributed by atoms with Gasteiger partial charge in [-0.1, -0.05) is 12.1 Å². The highest BCUT2D eigenvalue weighted by Crippen LogP contribution is 2.22. The number of likely N-dealkylation sites (tertiary alicyclic amines) is 1. The summed E-state index contributed by atoms with van der Waals surface area (Å²) in [4.78, 5) is 14.7. The molecule has 0 saturated carbocycles. The van der Waals surface area contributed by atoms with Crippen LogP contribution in [0.25, 0.3) is 0 Å². The Balaban J connectivity index is 1.76. The number of hydrogen-bond acceptors (Lipinski definition) is 4. The van der Waals surface area contributed by atoms with E-state index in [2.05, 4.69) is 5.10 Å². The van der Waals surface area contributed by atoms with Gasteiger partial charge in [0.15, 0.2) is 9.84 Å². The second-order valence-electron chi connectivity index (χ2n) is 6.29. The maximum atomic E-state index is 12.9. The topological polar surface area (TPSA) is 72.3 Å². The Labute approximate surface area is 142 Å². The van der Waals surface area contributed by atoms with Gasteiger partial charge in [-0.05, 0) is 36.6 Å². The van der Waals surface area contributed by atoms with E-state index in [9.17, 15) is 13.2 Å². The van der Waals surface area contributed by atoms with Crippen molar-refractivity contribution in [2.75, 3.05) is 12.8 Å². The number of hydrogen-bond donors (Lipinski definition) is 0. The molecule has 24 heavy (non-hydrogen) atoms. The van der Waals surface area contributed by atoms with Gasteiger partial charge >= 0.3 is 0 Å². The molecule has 6 nitrogen and oxygen atoms in total. The summed E-state index contributed by atoms with van der Waals surface area (Å²) >= 11 is 0. The smallest absolute Gasteiger partial charge is 0.254 e. The second kappa shape index (κ2) is 6.76. The highest BCUT2D eigenvalue weighted by Gasteiger charge is 2.29. The number of benzene rings is 1. The molecule has 1 fully saturated rings. The average molecular weight is 347 g/mol. The lowest BCUT2D eigenvalue weighted by atomic mass is 10.1. The molecule has 1 saturated heterocycles. The van der Waals surface area contributed by atoms with Crippen molar-refractivity contribution in [3.63, 3.8) is 0 Å². The molecular formula is C17H21N3O3S. The van der Waals surface area contributed by atoms with Crippen LogP contribution in [0.3, 0.4) is 0 Å². The fourth-order valence-electron chi connectivity index (χ4n) is 3.18. The average Bonchev–Trinajstić information content (AvgIpc) is 3.17. The van der Waals surface area contributed by atoms with E-state index in [1.54, 1.807) is 30.5 Å². The highest BCUT2D eigenvalue weighted by atomic mass is 32.2. The third-order valence-corrected chi connectivity index (χ3v) is 5.06. The van der Waals surface area contributed by atoms with Gasteiger partial charge in [-0.15, -0.1) is 0 Å². The third-order valence-electron chi connectivity index (χ3n) is 4.20. The Hall–Kier alpha value is -2.15. The van der Waals surface area contributed by atoms with E-state index in [0.29, 0.717) is 17.7 Å². The summed E-state index contributed by atoms with van der Waals surface area (Å²) in [6, 6.07) is 8.91. The van der Waals surface area contributed by atoms with Crippen LogP contribution in [0.15, 0.2) is 42.7 Å². The van der Waals surface area contributed by atoms with Crippen LogP contribution in [0.4, 0.5) is 0 Å². The quantitative estimate of drug-likeness (QED) is 0.826. The molecule has 0 radical (unpaired) electrons. The van der Waals surface area contributed by atoms with E-state index in [1.165, 1.54) is 6.26 Å². The monoisotopic (exact) mass is 347 g/mol. The van der Waals surface area contributed by atoms with Gasteiger partial charge in [-0.2, -0.15) is 5.10 Å². The molecule has 0 spiro atoms. The van der Waals surface area contributed by atoms with Crippen molar-refractivity contribution in [1.82, 2.24) is 14.7 Å². The first-order valence-corrected chi connectivity index (χ1v) is 10.0. The number of aromatic nitrogens is 2. The van der Waals surface area contributed by atoms with Gasteiger partial charge in [-0.25, -0.2) is 8.42 Å². The molecule has 1 amide bonds. The van der Waals surface area contributed by atoms with Crippen molar-refractivity contribution >= 4 is 15.7 Å². The van der Waals surface area contributed by atoms with Gasteiger partial charge in [0, 0.05) is 30.8 Å². The maximum Gasteiger partial charge on any atom is 0.254 e. The van der Waals surface area contributed by atoms with Gasteiger partial charge in [0.25, 0.3) is 5.91 Å². The molecule has 0 bridgehead atoms. The number of rotatable bonds is 5. The summed E-state index contributed by atoms with van der Waals surface area (Å²) < 4.78 is 24.8. The first kappa shape index (κ1) is 16.7. The van der Waals surface area contributed by atoms with Crippen molar-refractivity contribution in [2.24, 2.45) is 0 Å². The predicted octanol–water partition coefficient (Wildman–Crippen LogP) is 1.73. The SMILES string of the molecule is CS(=O)(=O)Cc1cccc(C(=O)N2CCC[C@@H]2Cn2cccn2)c1. The van der Waals surface area contributed by atoms with E-state index in [4.69, 9.17) is 0 Å². The van der Waals surface area contributed by atoms with E-state index < -0.39 is 9.84 Å². The van der Waals surface area contributed by atoms with Crippen LogP contribution in [0.5, 0.6) is 0 Å². The zero-order chi connectivity index (χ0) is 17.2. The summed E-state index contributed by atoms with van der Waals surface area (Å²) in [5, 5.41) is 4.21. The first-order valence-electron chi connectivity index (χ1n) is 7.97. The Kier molecular flexibility index (Phi) is 4.71. The lowest BCUT2D eigenvalue weighted by Crippen LogP contribution is -2.38. The molecule has 2 heterocycles. The lowest BCUT2D eigenvalue weighted by Gasteiger charge is -2.25. The molecule has 3 rings (SSSR count). The first-order chi connectivity index (χ1) is 11.4. The largest absolute Gasteiger partial charge is 0.334 e. The molecule has 1 aliphatic rings. The van der Waals surface area contributed by atoms with Crippen LogP contribution < -0.4 is 0 Å². The number of carbonyl (C=O) groups excluding carboxylic acids is 1. The third kappa shape index (κ3) is 4.03. The predicted molar refractivity (Wildman–Crippen MR) is 91.3 cm³/mol. The van der Waals surface area contributed by atoms with Gasteiger partial charge in [0.2, 0.25) is 0 Å². The van der Waals surface area contributed by atoms with Gasteiger partial charge in [-0.3, -0.25) is 9.48 Å². The van der Waals surface area contributed by atoms with E-state index in [0.717, 1.165) is 19.4 Å². The Morgan fingerprint density at radius 2 is 2.17 bits per heavy atom. The number of sulfone groups is 1. The van der Waals surface area contributed by atoms with Gasteiger partial charge in [0.05, 0.1) is 18.3 Å². The molecule has 2 aromatic rings. The molecule has 0 unspecified atom stereocenters. The van der Waals surface area contributed by atoms with Crippen LogP contribution >= 0.6 is 0 Å². The van der Waals surface area contributed by atoms with Gasteiger partial charge < -0.3 is 4.90 Å². The molecule has 0 N–H and O–H groups in total. The summed E-state index contributed by atoms with van der Waals surface area (Å²) in [5.41, 5.74) is 1.19. The summed E-state index contributed by atoms with van der Waals surface area (Å²) in [7, 11) is -3.12. The highest BCUT2D eigenvalue weighted by molar-refractivity contribution is 7.89. The van der Waals surface area contributed by atoms with E-state index in [-0.39, 0.29) is 17.7 Å². The molecule has 128 valence electrons. The van der Waals surface area contributed by atoms with Crippen molar-refractivity contribution in [2.45, 2.75) is 31.2 Å². The lowest BCUT2D eigenvalue weighted by molar-refractivity contribution is 0.0721. The molecule has 1 aliphatic heterocycles. The minimum absolute atomic E-state index is 0.0417. The fourth-order valence-corrected chi connectivity index (χ4v) is 3.97. The molecule has 1 aromatic carbocycles. The molecule has 7 heteroatoms. The minimum Gasteiger partial charge on any atom is -0.334 e. The Morgan fingerprint density at radius 3 is 2.88 bits per heavy atom. The van der Waals surface area contributed by atoms with Crippen LogP contribution in [-0.2, 0) is 22.1 Å². The maximum absolute atomic E-state index is 12.9. The fraction of sp³-hybridized carbons (Fsp3) is 0.412. The van der Waals surface area contributed by atoms with Crippen molar-refractivity contribution in [3.05, 3.63) is 53.9 Å². The Morgan fingerprint density at radius 1 is 1.33 bits per heavy atom. The zero-order valence-electron chi connectivity index (χ0n) is 13.6. The number of carbonyl (C=O) groups is 1. The van der Waals surface area contributed by atoms with Crippen molar-refractivity contribution in [1.29, 1.82) is 0 Å². The number of nitrogens with zero attached hydrogens (tertiary/aromatic N) is 3. The summed E-state index contributed by atoms with van der Waals surface area (Å²) in [5.74, 6) is -0.0924. The molecule has 1 atom stereocenters. The molecular weight excluding hydrogens is 326 g/mol. The van der Waals surface area contributed by atoms with E-state index in [1.807, 2.05) is 21.8 Å². The van der Waals surface area contributed by atoms with Crippen LogP contribution in [0.2, 0.25) is 0 Å². The molecule has 1 aromatic heterocycles. The van der Waals surface area contributed by atoms with Crippen LogP contribution in [-0.4, -0.2) is 47.8 Å². The summed E-state index contributed by atoms with van der Waals surface area (Å²) in [6.07, 6.45) is 6.75. The minimum atomic E-state index is -3.12. The van der Waals surface area contributed by atoms with E-state index >= 15 is 0 Å². The summed E-state index contributed by atoms with van der Waals surface area (Å²) in [6.45, 7) is 1.41. The van der Waals surface area contributed by atoms with Crippen LogP contribution in [0.1, 0.15) is 28.8 Å². The van der Waals surface area contributed by atoms with Crippen molar-refractivity contribution in [3.8, 4) is 0 Å². The second-order valence-corrected chi connectivity index (χ2v) is 8.43. The standard InChI is InChI=1S/C17H21N3O3S/c1-24(22,23)13-14-5-2-6-15(11-14)17(21)20-10-3-7-16(20)12-19-9-4-8-18-19/h2,4-6,8-9,11,16H,3,7,10,12-13H2,1H3/t16-/m1/s1. The normalized spacial score (nSPS) is 18.0. The Bertz CT molecular complexity index is 815.